The second-order valence-electron chi connectivity index (χ2n) is 4.98. The number of carboxylic acid groups (broad SMARTS) is 1. The van der Waals surface area contributed by atoms with Gasteiger partial charge in [0.25, 0.3) is 0 Å². The average Bonchev–Trinajstić information content (AvgIpc) is 2.31. The molecule has 0 amide bonds. The quantitative estimate of drug-likeness (QED) is 0.638. The molecule has 0 heterocycles. The predicted octanol–water partition coefficient (Wildman–Crippen LogP) is 3.92. The molecule has 0 radical (unpaired) electrons. The SMILES string of the molecule is CCC(=O)O.CCC[N+](CCC)(CCC)CCC. The lowest BCUT2D eigenvalue weighted by molar-refractivity contribution is -0.928. The van der Waals surface area contributed by atoms with Gasteiger partial charge >= 0.3 is 5.97 Å². The molecule has 0 fully saturated rings. The molecular weight excluding hydrogens is 226 g/mol. The molecule has 0 aliphatic rings. The van der Waals surface area contributed by atoms with E-state index in [1.54, 1.807) is 6.92 Å². The Kier molecular flexibility index (Phi) is 14.1. The Balaban J connectivity index is 0. The summed E-state index contributed by atoms with van der Waals surface area (Å²) in [5.74, 6) is -0.745. The molecule has 1 N–H and O–H groups in total. The monoisotopic (exact) mass is 260 g/mol. The van der Waals surface area contributed by atoms with Gasteiger partial charge in [-0.25, -0.2) is 0 Å². The van der Waals surface area contributed by atoms with Gasteiger partial charge in [-0.15, -0.1) is 0 Å². The molecule has 0 spiro atoms. The summed E-state index contributed by atoms with van der Waals surface area (Å²) in [6.45, 7) is 16.4. The summed E-state index contributed by atoms with van der Waals surface area (Å²) < 4.78 is 1.38. The molecule has 0 saturated carbocycles. The first-order chi connectivity index (χ1) is 8.51. The molecule has 0 unspecified atom stereocenters. The first-order valence-electron chi connectivity index (χ1n) is 7.58. The first kappa shape index (κ1) is 19.8. The van der Waals surface area contributed by atoms with Crippen LogP contribution in [0.5, 0.6) is 0 Å². The summed E-state index contributed by atoms with van der Waals surface area (Å²) in [4.78, 5) is 9.37. The third-order valence-corrected chi connectivity index (χ3v) is 3.09. The van der Waals surface area contributed by atoms with Crippen LogP contribution in [-0.4, -0.2) is 41.7 Å². The number of rotatable bonds is 9. The first-order valence-corrected chi connectivity index (χ1v) is 7.58. The Morgan fingerprint density at radius 2 is 1.00 bits per heavy atom. The van der Waals surface area contributed by atoms with E-state index in [1.807, 2.05) is 0 Å². The van der Waals surface area contributed by atoms with Crippen molar-refractivity contribution in [1.82, 2.24) is 0 Å². The average molecular weight is 260 g/mol. The third kappa shape index (κ3) is 10.6. The van der Waals surface area contributed by atoms with Crippen LogP contribution in [0.2, 0.25) is 0 Å². The van der Waals surface area contributed by atoms with Gasteiger partial charge in [0.15, 0.2) is 0 Å². The fourth-order valence-electron chi connectivity index (χ4n) is 2.57. The van der Waals surface area contributed by atoms with Crippen molar-refractivity contribution in [3.8, 4) is 0 Å². The standard InChI is InChI=1S/C12H28N.C3H6O2/c1-5-9-13(10-6-2,11-7-3)12-8-4;1-2-3(4)5/h5-12H2,1-4H3;2H2,1H3,(H,4,5)/q+1;. The molecule has 0 aromatic rings. The van der Waals surface area contributed by atoms with Crippen molar-refractivity contribution in [2.45, 2.75) is 66.7 Å². The minimum Gasteiger partial charge on any atom is -0.481 e. The molecular formula is C15H34NO2+. The lowest BCUT2D eigenvalue weighted by atomic mass is 10.2. The number of carbonyl (C=O) groups is 1. The van der Waals surface area contributed by atoms with Crippen LogP contribution in [0, 0.1) is 0 Å². The highest BCUT2D eigenvalue weighted by molar-refractivity contribution is 5.66. The Labute approximate surface area is 114 Å². The Bertz CT molecular complexity index is 163. The van der Waals surface area contributed by atoms with Crippen molar-refractivity contribution in [3.63, 3.8) is 0 Å². The van der Waals surface area contributed by atoms with E-state index >= 15 is 0 Å². The summed E-state index contributed by atoms with van der Waals surface area (Å²) in [7, 11) is 0. The van der Waals surface area contributed by atoms with Crippen molar-refractivity contribution in [1.29, 1.82) is 0 Å². The summed E-state index contributed by atoms with van der Waals surface area (Å²) >= 11 is 0. The summed E-state index contributed by atoms with van der Waals surface area (Å²) in [6, 6.07) is 0. The highest BCUT2D eigenvalue weighted by atomic mass is 16.4. The Hall–Kier alpha value is -0.570. The highest BCUT2D eigenvalue weighted by Crippen LogP contribution is 2.12. The van der Waals surface area contributed by atoms with Crippen LogP contribution < -0.4 is 0 Å². The molecule has 0 atom stereocenters. The Morgan fingerprint density at radius 1 is 0.778 bits per heavy atom. The predicted molar refractivity (Wildman–Crippen MR) is 78.8 cm³/mol. The van der Waals surface area contributed by atoms with E-state index in [2.05, 4.69) is 27.7 Å². The number of quaternary nitrogens is 1. The second kappa shape index (κ2) is 12.9. The van der Waals surface area contributed by atoms with Gasteiger partial charge < -0.3 is 9.59 Å². The van der Waals surface area contributed by atoms with Crippen LogP contribution in [0.1, 0.15) is 66.7 Å². The number of carboxylic acids is 1. The third-order valence-electron chi connectivity index (χ3n) is 3.09. The van der Waals surface area contributed by atoms with Crippen LogP contribution in [-0.2, 0) is 4.79 Å². The molecule has 0 rings (SSSR count). The van der Waals surface area contributed by atoms with E-state index in [0.717, 1.165) is 0 Å². The second-order valence-corrected chi connectivity index (χ2v) is 4.98. The fourth-order valence-corrected chi connectivity index (χ4v) is 2.57. The molecule has 0 aliphatic heterocycles. The van der Waals surface area contributed by atoms with E-state index in [0.29, 0.717) is 0 Å². The highest BCUT2D eigenvalue weighted by Gasteiger charge is 2.22. The van der Waals surface area contributed by atoms with E-state index in [9.17, 15) is 4.79 Å². The van der Waals surface area contributed by atoms with Crippen molar-refractivity contribution in [3.05, 3.63) is 0 Å². The maximum absolute atomic E-state index is 9.37. The minimum atomic E-state index is -0.745. The van der Waals surface area contributed by atoms with Crippen LogP contribution in [0.15, 0.2) is 0 Å². The molecule has 3 heteroatoms. The summed E-state index contributed by atoms with van der Waals surface area (Å²) in [5.41, 5.74) is 0. The van der Waals surface area contributed by atoms with Crippen molar-refractivity contribution in [2.75, 3.05) is 26.2 Å². The van der Waals surface area contributed by atoms with Crippen molar-refractivity contribution in [2.24, 2.45) is 0 Å². The van der Waals surface area contributed by atoms with E-state index in [-0.39, 0.29) is 6.42 Å². The van der Waals surface area contributed by atoms with Crippen LogP contribution >= 0.6 is 0 Å². The van der Waals surface area contributed by atoms with Gasteiger partial charge in [-0.3, -0.25) is 4.79 Å². The molecule has 0 aromatic carbocycles. The zero-order valence-corrected chi connectivity index (χ0v) is 13.2. The van der Waals surface area contributed by atoms with Crippen LogP contribution in [0.4, 0.5) is 0 Å². The van der Waals surface area contributed by atoms with Crippen LogP contribution in [0.3, 0.4) is 0 Å². The van der Waals surface area contributed by atoms with Crippen molar-refractivity contribution < 1.29 is 14.4 Å². The zero-order valence-electron chi connectivity index (χ0n) is 13.2. The van der Waals surface area contributed by atoms with Gasteiger partial charge in [0.05, 0.1) is 26.2 Å². The zero-order chi connectivity index (χ0) is 14.4. The minimum absolute atomic E-state index is 0.222. The maximum Gasteiger partial charge on any atom is 0.303 e. The van der Waals surface area contributed by atoms with Gasteiger partial charge in [-0.2, -0.15) is 0 Å². The molecule has 0 aromatic heterocycles. The smallest absolute Gasteiger partial charge is 0.303 e. The fraction of sp³-hybridized carbons (Fsp3) is 0.933. The molecule has 18 heavy (non-hydrogen) atoms. The molecule has 3 nitrogen and oxygen atoms in total. The topological polar surface area (TPSA) is 37.3 Å². The summed E-state index contributed by atoms with van der Waals surface area (Å²) in [5, 5.41) is 7.72. The number of aliphatic carboxylic acids is 1. The number of hydrogen-bond donors (Lipinski definition) is 1. The van der Waals surface area contributed by atoms with Gasteiger partial charge in [0.1, 0.15) is 0 Å². The molecule has 0 aliphatic carbocycles. The van der Waals surface area contributed by atoms with Gasteiger partial charge in [-0.1, -0.05) is 34.6 Å². The lowest BCUT2D eigenvalue weighted by Crippen LogP contribution is -2.50. The van der Waals surface area contributed by atoms with E-state index < -0.39 is 5.97 Å². The van der Waals surface area contributed by atoms with E-state index in [1.165, 1.54) is 56.3 Å². The summed E-state index contributed by atoms with van der Waals surface area (Å²) in [6.07, 6.45) is 5.56. The van der Waals surface area contributed by atoms with Crippen LogP contribution in [0.25, 0.3) is 0 Å². The normalized spacial score (nSPS) is 10.7. The number of hydrogen-bond acceptors (Lipinski definition) is 1. The van der Waals surface area contributed by atoms with Gasteiger partial charge in [0.2, 0.25) is 0 Å². The number of nitrogens with zero attached hydrogens (tertiary/aromatic N) is 1. The van der Waals surface area contributed by atoms with E-state index in [4.69, 9.17) is 5.11 Å². The van der Waals surface area contributed by atoms with Gasteiger partial charge in [-0.05, 0) is 25.7 Å². The van der Waals surface area contributed by atoms with Gasteiger partial charge in [0, 0.05) is 6.42 Å². The molecule has 110 valence electrons. The van der Waals surface area contributed by atoms with Crippen molar-refractivity contribution >= 4 is 5.97 Å². The maximum atomic E-state index is 9.37. The largest absolute Gasteiger partial charge is 0.481 e. The lowest BCUT2D eigenvalue weighted by Gasteiger charge is -2.38. The molecule has 0 saturated heterocycles. The molecule has 0 bridgehead atoms. The Morgan fingerprint density at radius 3 is 1.11 bits per heavy atom.